The van der Waals surface area contributed by atoms with Crippen LogP contribution in [0.25, 0.3) is 0 Å². The topological polar surface area (TPSA) is 46.5 Å². The first-order valence-electron chi connectivity index (χ1n) is 8.68. The lowest BCUT2D eigenvalue weighted by Gasteiger charge is -2.33. The molecule has 3 rings (SSSR count). The number of hydrogen-bond donors (Lipinski definition) is 1. The van der Waals surface area contributed by atoms with Gasteiger partial charge in [-0.2, -0.15) is 0 Å². The molecule has 0 aliphatic carbocycles. The van der Waals surface area contributed by atoms with Crippen molar-refractivity contribution in [2.45, 2.75) is 19.4 Å². The van der Waals surface area contributed by atoms with Gasteiger partial charge >= 0.3 is 0 Å². The summed E-state index contributed by atoms with van der Waals surface area (Å²) in [5, 5.41) is 10.8. The maximum Gasteiger partial charge on any atom is 0.184 e. The highest BCUT2D eigenvalue weighted by Crippen LogP contribution is 2.39. The maximum absolute atomic E-state index is 11.5. The van der Waals surface area contributed by atoms with Gasteiger partial charge in [0.15, 0.2) is 5.78 Å². The van der Waals surface area contributed by atoms with Crippen LogP contribution in [0.3, 0.4) is 0 Å². The van der Waals surface area contributed by atoms with Gasteiger partial charge in [0.25, 0.3) is 0 Å². The van der Waals surface area contributed by atoms with Crippen molar-refractivity contribution in [3.05, 3.63) is 59.7 Å². The Morgan fingerprint density at radius 3 is 2.60 bits per heavy atom. The summed E-state index contributed by atoms with van der Waals surface area (Å²) in [5.41, 5.74) is 3.04. The lowest BCUT2D eigenvalue weighted by atomic mass is 9.88. The molecule has 2 aromatic rings. The molecule has 1 heterocycles. The maximum atomic E-state index is 11.5. The minimum atomic E-state index is -0.540. The van der Waals surface area contributed by atoms with E-state index in [0.29, 0.717) is 17.6 Å². The smallest absolute Gasteiger partial charge is 0.184 e. The van der Waals surface area contributed by atoms with Gasteiger partial charge in [-0.15, -0.1) is 0 Å². The fraction of sp³-hybridized carbons (Fsp3) is 0.381. The molecule has 1 aliphatic heterocycles. The molecule has 0 aromatic heterocycles. The van der Waals surface area contributed by atoms with Crippen LogP contribution in [0, 0.1) is 5.92 Å². The molecule has 0 fully saturated rings. The lowest BCUT2D eigenvalue weighted by molar-refractivity contribution is -0.117. The number of nitrogens with zero attached hydrogens (tertiary/aromatic N) is 1. The average Bonchev–Trinajstić information content (AvgIpc) is 2.57. The van der Waals surface area contributed by atoms with Crippen molar-refractivity contribution in [3.8, 4) is 5.75 Å². The molecule has 0 bridgehead atoms. The number of ketones is 1. The number of Topliss-reactive ketones (excluding diaryl/α,β-unsaturated/α-hetero) is 1. The molecule has 4 nitrogen and oxygen atoms in total. The average molecular weight is 340 g/mol. The van der Waals surface area contributed by atoms with E-state index in [1.807, 2.05) is 50.5 Å². The van der Waals surface area contributed by atoms with E-state index in [2.05, 4.69) is 12.1 Å². The Morgan fingerprint density at radius 2 is 1.92 bits per heavy atom. The first-order valence-corrected chi connectivity index (χ1v) is 8.68. The Labute approximate surface area is 149 Å². The Morgan fingerprint density at radius 1 is 1.20 bits per heavy atom. The molecule has 0 radical (unpaired) electrons. The number of fused-ring (bicyclic) bond motifs is 1. The third-order valence-corrected chi connectivity index (χ3v) is 4.87. The van der Waals surface area contributed by atoms with Gasteiger partial charge in [0.1, 0.15) is 18.0 Å². The van der Waals surface area contributed by atoms with Crippen molar-refractivity contribution < 1.29 is 14.6 Å². The van der Waals surface area contributed by atoms with E-state index < -0.39 is 6.10 Å². The van der Waals surface area contributed by atoms with Crippen molar-refractivity contribution >= 4 is 11.5 Å². The van der Waals surface area contributed by atoms with Crippen LogP contribution in [-0.4, -0.2) is 38.1 Å². The number of aliphatic hydroxyl groups is 1. The number of rotatable bonds is 5. The molecule has 1 N–H and O–H groups in total. The van der Waals surface area contributed by atoms with Crippen molar-refractivity contribution in [1.29, 1.82) is 0 Å². The summed E-state index contributed by atoms with van der Waals surface area (Å²) in [6, 6.07) is 16.1. The zero-order valence-corrected chi connectivity index (χ0v) is 15.1. The van der Waals surface area contributed by atoms with Gasteiger partial charge in [0.05, 0.1) is 26.8 Å². The standard InChI is InChI=1S/C21H26NO3/c1-15(23)13-22(2,3)18-9-10-19-20(12-18)25-14-17(21(19)24)11-16-7-5-4-6-8-16/h4-10,12,17,21,24H,11,13-14H2,1-3H3/q+1/t17-,21+/m1/s1. The van der Waals surface area contributed by atoms with Gasteiger partial charge in [0, 0.05) is 24.5 Å². The molecule has 0 spiro atoms. The number of benzene rings is 2. The summed E-state index contributed by atoms with van der Waals surface area (Å²) in [6.07, 6.45) is 0.246. The highest BCUT2D eigenvalue weighted by Gasteiger charge is 2.31. The Hall–Kier alpha value is -2.17. The lowest BCUT2D eigenvalue weighted by Crippen LogP contribution is -2.44. The molecule has 25 heavy (non-hydrogen) atoms. The zero-order chi connectivity index (χ0) is 18.0. The summed E-state index contributed by atoms with van der Waals surface area (Å²) in [6.45, 7) is 2.53. The summed E-state index contributed by atoms with van der Waals surface area (Å²) in [5.74, 6) is 0.913. The number of carbonyl (C=O) groups excluding carboxylic acids is 1. The van der Waals surface area contributed by atoms with Crippen molar-refractivity contribution in [1.82, 2.24) is 4.48 Å². The number of ether oxygens (including phenoxy) is 1. The molecule has 1 aliphatic rings. The molecular weight excluding hydrogens is 314 g/mol. The van der Waals surface area contributed by atoms with Gasteiger partial charge in [-0.25, -0.2) is 0 Å². The second kappa shape index (κ2) is 6.98. The summed E-state index contributed by atoms with van der Waals surface area (Å²) in [7, 11) is 4.00. The van der Waals surface area contributed by atoms with Gasteiger partial charge in [-0.1, -0.05) is 30.3 Å². The summed E-state index contributed by atoms with van der Waals surface area (Å²) in [4.78, 5) is 11.5. The fourth-order valence-corrected chi connectivity index (χ4v) is 3.55. The largest absolute Gasteiger partial charge is 0.493 e. The second-order valence-corrected chi connectivity index (χ2v) is 7.47. The van der Waals surface area contributed by atoms with Gasteiger partial charge in [-0.3, -0.25) is 9.28 Å². The van der Waals surface area contributed by atoms with Crippen LogP contribution in [0.4, 0.5) is 5.69 Å². The number of hydrogen-bond acceptors (Lipinski definition) is 3. The number of quaternary nitrogens is 1. The third kappa shape index (κ3) is 3.91. The molecule has 0 saturated carbocycles. The van der Waals surface area contributed by atoms with Crippen LogP contribution in [-0.2, 0) is 11.2 Å². The van der Waals surface area contributed by atoms with Gasteiger partial charge < -0.3 is 9.84 Å². The van der Waals surface area contributed by atoms with Crippen LogP contribution in [0.1, 0.15) is 24.2 Å². The molecule has 0 saturated heterocycles. The minimum Gasteiger partial charge on any atom is -0.493 e. The van der Waals surface area contributed by atoms with Gasteiger partial charge in [0.2, 0.25) is 0 Å². The highest BCUT2D eigenvalue weighted by molar-refractivity contribution is 5.79. The van der Waals surface area contributed by atoms with Crippen LogP contribution in [0.5, 0.6) is 5.75 Å². The summed E-state index contributed by atoms with van der Waals surface area (Å²) >= 11 is 0. The Kier molecular flexibility index (Phi) is 4.93. The normalized spacial score (nSPS) is 19.8. The second-order valence-electron chi connectivity index (χ2n) is 7.47. The first kappa shape index (κ1) is 17.6. The molecule has 132 valence electrons. The van der Waals surface area contributed by atoms with E-state index in [-0.39, 0.29) is 11.7 Å². The minimum absolute atomic E-state index is 0.0421. The molecule has 2 atom stereocenters. The fourth-order valence-electron chi connectivity index (χ4n) is 3.55. The van der Waals surface area contributed by atoms with Crippen molar-refractivity contribution in [2.24, 2.45) is 5.92 Å². The molecule has 2 aromatic carbocycles. The molecule has 4 heteroatoms. The van der Waals surface area contributed by atoms with Crippen LogP contribution in [0.15, 0.2) is 48.5 Å². The van der Waals surface area contributed by atoms with E-state index in [9.17, 15) is 9.90 Å². The predicted molar refractivity (Wildman–Crippen MR) is 99.7 cm³/mol. The van der Waals surface area contributed by atoms with E-state index in [4.69, 9.17) is 4.74 Å². The Balaban J connectivity index is 1.80. The monoisotopic (exact) mass is 340 g/mol. The number of carbonyl (C=O) groups is 1. The quantitative estimate of drug-likeness (QED) is 0.851. The number of likely N-dealkylation sites (N-methyl/N-ethyl adjacent to an activating group) is 1. The molecule has 0 amide bonds. The number of aliphatic hydroxyl groups excluding tert-OH is 1. The Bertz CT molecular complexity index is 755. The molecule has 0 unspecified atom stereocenters. The summed E-state index contributed by atoms with van der Waals surface area (Å²) < 4.78 is 6.43. The SMILES string of the molecule is CC(=O)C[N+](C)(C)c1ccc2c(c1)OC[C@@H](Cc1ccccc1)[C@@H]2O. The highest BCUT2D eigenvalue weighted by atomic mass is 16.5. The zero-order valence-electron chi connectivity index (χ0n) is 15.1. The third-order valence-electron chi connectivity index (χ3n) is 4.87. The van der Waals surface area contributed by atoms with E-state index >= 15 is 0 Å². The van der Waals surface area contributed by atoms with Crippen molar-refractivity contribution in [3.63, 3.8) is 0 Å². The van der Waals surface area contributed by atoms with Crippen molar-refractivity contribution in [2.75, 3.05) is 27.2 Å². The molecular formula is C21H26NO3+. The van der Waals surface area contributed by atoms with Gasteiger partial charge in [-0.05, 0) is 24.1 Å². The van der Waals surface area contributed by atoms with E-state index in [0.717, 1.165) is 23.4 Å². The first-order chi connectivity index (χ1) is 11.9. The predicted octanol–water partition coefficient (Wildman–Crippen LogP) is 3.13. The van der Waals surface area contributed by atoms with E-state index in [1.165, 1.54) is 5.56 Å². The van der Waals surface area contributed by atoms with E-state index in [1.54, 1.807) is 6.92 Å². The van der Waals surface area contributed by atoms with Crippen LogP contribution < -0.4 is 9.22 Å². The van der Waals surface area contributed by atoms with Crippen LogP contribution >= 0.6 is 0 Å². The van der Waals surface area contributed by atoms with Crippen LogP contribution in [0.2, 0.25) is 0 Å².